The molecule has 1 aliphatic heterocycles. The lowest BCUT2D eigenvalue weighted by Gasteiger charge is -2.20. The Bertz CT molecular complexity index is 441. The summed E-state index contributed by atoms with van der Waals surface area (Å²) in [6, 6.07) is 7.65. The van der Waals surface area contributed by atoms with Gasteiger partial charge in [-0.1, -0.05) is 25.1 Å². The monoisotopic (exact) mass is 277 g/mol. The van der Waals surface area contributed by atoms with Gasteiger partial charge in [-0.3, -0.25) is 4.79 Å². The maximum atomic E-state index is 12.2. The second-order valence-electron chi connectivity index (χ2n) is 5.29. The van der Waals surface area contributed by atoms with E-state index in [2.05, 4.69) is 5.32 Å². The SMILES string of the molecule is CCc1ccccc1C(=O)NC[C@H](CO)[C@@H]1CCOC1. The van der Waals surface area contributed by atoms with Gasteiger partial charge in [-0.2, -0.15) is 0 Å². The summed E-state index contributed by atoms with van der Waals surface area (Å²) in [6.07, 6.45) is 1.80. The van der Waals surface area contributed by atoms with Crippen molar-refractivity contribution >= 4 is 5.91 Å². The number of aliphatic hydroxyl groups is 1. The Kier molecular flexibility index (Phi) is 5.56. The van der Waals surface area contributed by atoms with E-state index in [0.717, 1.165) is 30.6 Å². The first-order valence-corrected chi connectivity index (χ1v) is 7.31. The lowest BCUT2D eigenvalue weighted by Crippen LogP contribution is -2.35. The number of carbonyl (C=O) groups excluding carboxylic acids is 1. The molecule has 2 atom stereocenters. The predicted octanol–water partition coefficient (Wildman–Crippen LogP) is 1.62. The molecule has 1 aliphatic rings. The van der Waals surface area contributed by atoms with E-state index in [0.29, 0.717) is 19.1 Å². The Balaban J connectivity index is 1.93. The third-order valence-electron chi connectivity index (χ3n) is 4.03. The Labute approximate surface area is 120 Å². The lowest BCUT2D eigenvalue weighted by molar-refractivity contribution is 0.0916. The topological polar surface area (TPSA) is 58.6 Å². The Morgan fingerprint density at radius 2 is 2.30 bits per heavy atom. The first-order valence-electron chi connectivity index (χ1n) is 7.31. The van der Waals surface area contributed by atoms with Gasteiger partial charge in [-0.15, -0.1) is 0 Å². The van der Waals surface area contributed by atoms with Gasteiger partial charge in [0.2, 0.25) is 0 Å². The minimum atomic E-state index is -0.0557. The zero-order chi connectivity index (χ0) is 14.4. The number of aliphatic hydroxyl groups excluding tert-OH is 1. The van der Waals surface area contributed by atoms with Gasteiger partial charge in [0.05, 0.1) is 0 Å². The molecule has 0 saturated carbocycles. The highest BCUT2D eigenvalue weighted by atomic mass is 16.5. The number of carbonyl (C=O) groups is 1. The molecular formula is C16H23NO3. The van der Waals surface area contributed by atoms with Crippen molar-refractivity contribution in [3.8, 4) is 0 Å². The van der Waals surface area contributed by atoms with E-state index in [1.54, 1.807) is 0 Å². The van der Waals surface area contributed by atoms with E-state index in [9.17, 15) is 9.90 Å². The van der Waals surface area contributed by atoms with E-state index < -0.39 is 0 Å². The second kappa shape index (κ2) is 7.41. The van der Waals surface area contributed by atoms with Crippen LogP contribution in [0.2, 0.25) is 0 Å². The van der Waals surface area contributed by atoms with Crippen LogP contribution in [0.1, 0.15) is 29.3 Å². The summed E-state index contributed by atoms with van der Waals surface area (Å²) in [7, 11) is 0. The molecule has 0 aromatic heterocycles. The molecule has 0 bridgehead atoms. The van der Waals surface area contributed by atoms with Gasteiger partial charge in [-0.05, 0) is 30.4 Å². The molecule has 2 rings (SSSR count). The van der Waals surface area contributed by atoms with Crippen LogP contribution >= 0.6 is 0 Å². The number of amides is 1. The van der Waals surface area contributed by atoms with Crippen molar-refractivity contribution in [2.24, 2.45) is 11.8 Å². The summed E-state index contributed by atoms with van der Waals surface area (Å²) >= 11 is 0. The van der Waals surface area contributed by atoms with Crippen LogP contribution in [0.3, 0.4) is 0 Å². The molecule has 1 saturated heterocycles. The molecule has 4 nitrogen and oxygen atoms in total. The molecule has 0 aliphatic carbocycles. The van der Waals surface area contributed by atoms with Crippen molar-refractivity contribution < 1.29 is 14.6 Å². The van der Waals surface area contributed by atoms with Gasteiger partial charge in [0.1, 0.15) is 0 Å². The fraction of sp³-hybridized carbons (Fsp3) is 0.562. The number of rotatable bonds is 6. The highest BCUT2D eigenvalue weighted by molar-refractivity contribution is 5.95. The molecule has 1 aromatic rings. The summed E-state index contributed by atoms with van der Waals surface area (Å²) in [5.41, 5.74) is 1.78. The lowest BCUT2D eigenvalue weighted by atomic mass is 9.92. The van der Waals surface area contributed by atoms with Crippen molar-refractivity contribution in [2.75, 3.05) is 26.4 Å². The smallest absolute Gasteiger partial charge is 0.251 e. The quantitative estimate of drug-likeness (QED) is 0.831. The normalized spacial score (nSPS) is 19.8. The van der Waals surface area contributed by atoms with E-state index in [-0.39, 0.29) is 18.4 Å². The number of benzene rings is 1. The molecule has 1 fully saturated rings. The molecule has 4 heteroatoms. The summed E-state index contributed by atoms with van der Waals surface area (Å²) in [5, 5.41) is 12.4. The second-order valence-corrected chi connectivity index (χ2v) is 5.29. The van der Waals surface area contributed by atoms with Gasteiger partial charge < -0.3 is 15.2 Å². The van der Waals surface area contributed by atoms with E-state index in [1.807, 2.05) is 31.2 Å². The molecule has 2 N–H and O–H groups in total. The van der Waals surface area contributed by atoms with Gasteiger partial charge >= 0.3 is 0 Å². The van der Waals surface area contributed by atoms with Crippen molar-refractivity contribution in [3.63, 3.8) is 0 Å². The van der Waals surface area contributed by atoms with Crippen molar-refractivity contribution in [3.05, 3.63) is 35.4 Å². The molecule has 110 valence electrons. The molecule has 20 heavy (non-hydrogen) atoms. The zero-order valence-corrected chi connectivity index (χ0v) is 12.0. The van der Waals surface area contributed by atoms with Crippen LogP contribution in [-0.2, 0) is 11.2 Å². The summed E-state index contributed by atoms with van der Waals surface area (Å²) in [6.45, 7) is 4.07. The summed E-state index contributed by atoms with van der Waals surface area (Å²) in [5.74, 6) is 0.372. The molecule has 1 amide bonds. The molecule has 1 aromatic carbocycles. The summed E-state index contributed by atoms with van der Waals surface area (Å²) in [4.78, 5) is 12.2. The standard InChI is InChI=1S/C16H23NO3/c1-2-12-5-3-4-6-15(12)16(19)17-9-14(10-18)13-7-8-20-11-13/h3-6,13-14,18H,2,7-11H2,1H3,(H,17,19)/t13-,14-/m1/s1. The molecule has 0 unspecified atom stereocenters. The number of aryl methyl sites for hydroxylation is 1. The zero-order valence-electron chi connectivity index (χ0n) is 12.0. The fourth-order valence-electron chi connectivity index (χ4n) is 2.67. The molecule has 1 heterocycles. The fourth-order valence-corrected chi connectivity index (χ4v) is 2.67. The van der Waals surface area contributed by atoms with E-state index >= 15 is 0 Å². The van der Waals surface area contributed by atoms with Crippen LogP contribution in [0.25, 0.3) is 0 Å². The van der Waals surface area contributed by atoms with E-state index in [1.165, 1.54) is 0 Å². The minimum Gasteiger partial charge on any atom is -0.396 e. The maximum absolute atomic E-state index is 12.2. The average Bonchev–Trinajstić information content (AvgIpc) is 3.02. The number of hydrogen-bond donors (Lipinski definition) is 2. The Morgan fingerprint density at radius 3 is 2.95 bits per heavy atom. The third-order valence-corrected chi connectivity index (χ3v) is 4.03. The number of ether oxygens (including phenoxy) is 1. The average molecular weight is 277 g/mol. The Hall–Kier alpha value is -1.39. The third kappa shape index (κ3) is 3.58. The Morgan fingerprint density at radius 1 is 1.50 bits per heavy atom. The van der Waals surface area contributed by atoms with Crippen LogP contribution < -0.4 is 5.32 Å². The highest BCUT2D eigenvalue weighted by Crippen LogP contribution is 2.21. The van der Waals surface area contributed by atoms with E-state index in [4.69, 9.17) is 4.74 Å². The number of hydrogen-bond acceptors (Lipinski definition) is 3. The molecule has 0 radical (unpaired) electrons. The molecular weight excluding hydrogens is 254 g/mol. The highest BCUT2D eigenvalue weighted by Gasteiger charge is 2.25. The molecule has 0 spiro atoms. The van der Waals surface area contributed by atoms with Crippen molar-refractivity contribution in [1.29, 1.82) is 0 Å². The first kappa shape index (κ1) is 15.0. The van der Waals surface area contributed by atoms with Gasteiger partial charge in [0, 0.05) is 37.8 Å². The van der Waals surface area contributed by atoms with Crippen molar-refractivity contribution in [2.45, 2.75) is 19.8 Å². The maximum Gasteiger partial charge on any atom is 0.251 e. The van der Waals surface area contributed by atoms with Gasteiger partial charge in [0.25, 0.3) is 5.91 Å². The van der Waals surface area contributed by atoms with Gasteiger partial charge in [-0.25, -0.2) is 0 Å². The van der Waals surface area contributed by atoms with Crippen LogP contribution in [0, 0.1) is 11.8 Å². The largest absolute Gasteiger partial charge is 0.396 e. The predicted molar refractivity (Wildman–Crippen MR) is 77.7 cm³/mol. The minimum absolute atomic E-state index is 0.0557. The van der Waals surface area contributed by atoms with Crippen LogP contribution in [0.4, 0.5) is 0 Å². The first-order chi connectivity index (χ1) is 9.76. The number of nitrogens with one attached hydrogen (secondary N) is 1. The van der Waals surface area contributed by atoms with Gasteiger partial charge in [0.15, 0.2) is 0 Å². The summed E-state index contributed by atoms with van der Waals surface area (Å²) < 4.78 is 5.34. The van der Waals surface area contributed by atoms with Crippen LogP contribution in [0.15, 0.2) is 24.3 Å². The van der Waals surface area contributed by atoms with Crippen molar-refractivity contribution in [1.82, 2.24) is 5.32 Å². The van der Waals surface area contributed by atoms with Crippen LogP contribution in [0.5, 0.6) is 0 Å². The van der Waals surface area contributed by atoms with Crippen LogP contribution in [-0.4, -0.2) is 37.4 Å².